The molecule has 1 aliphatic heterocycles. The summed E-state index contributed by atoms with van der Waals surface area (Å²) >= 11 is 0. The molecule has 1 aromatic heterocycles. The van der Waals surface area contributed by atoms with Gasteiger partial charge >= 0.3 is 0 Å². The summed E-state index contributed by atoms with van der Waals surface area (Å²) in [5, 5.41) is 0. The van der Waals surface area contributed by atoms with Crippen molar-refractivity contribution in [1.29, 1.82) is 0 Å². The van der Waals surface area contributed by atoms with Crippen LogP contribution in [0.4, 0.5) is 0 Å². The van der Waals surface area contributed by atoms with Gasteiger partial charge in [-0.3, -0.25) is 14.5 Å². The molecule has 0 radical (unpaired) electrons. The van der Waals surface area contributed by atoms with Gasteiger partial charge in [0.1, 0.15) is 0 Å². The maximum absolute atomic E-state index is 11.2. The van der Waals surface area contributed by atoms with Crippen molar-refractivity contribution in [3.05, 3.63) is 59.8 Å². The van der Waals surface area contributed by atoms with Gasteiger partial charge in [-0.25, -0.2) is 4.98 Å². The van der Waals surface area contributed by atoms with Gasteiger partial charge in [0, 0.05) is 43.4 Å². The quantitative estimate of drug-likeness (QED) is 0.441. The molecule has 2 unspecified atom stereocenters. The van der Waals surface area contributed by atoms with Gasteiger partial charge in [-0.05, 0) is 23.5 Å². The van der Waals surface area contributed by atoms with E-state index in [9.17, 15) is 9.59 Å². The summed E-state index contributed by atoms with van der Waals surface area (Å²) in [4.78, 5) is 28.3. The summed E-state index contributed by atoms with van der Waals surface area (Å²) in [6, 6.07) is 13.8. The van der Waals surface area contributed by atoms with Gasteiger partial charge in [-0.2, -0.15) is 0 Å². The van der Waals surface area contributed by atoms with Gasteiger partial charge in [0.2, 0.25) is 11.7 Å². The predicted octanol–water partition coefficient (Wildman–Crippen LogP) is 2.22. The first kappa shape index (κ1) is 16.0. The molecule has 5 heteroatoms. The van der Waals surface area contributed by atoms with E-state index in [1.165, 1.54) is 11.8 Å². The zero-order valence-electron chi connectivity index (χ0n) is 13.9. The lowest BCUT2D eigenvalue weighted by atomic mass is 10.2. The van der Waals surface area contributed by atoms with Crippen molar-refractivity contribution >= 4 is 12.1 Å². The van der Waals surface area contributed by atoms with Crippen LogP contribution in [-0.2, 0) is 11.3 Å². The number of nitrogens with zero attached hydrogens (tertiary/aromatic N) is 2. The summed E-state index contributed by atoms with van der Waals surface area (Å²) in [6.45, 7) is 3.96. The number of ether oxygens (including phenoxy) is 1. The molecular formula is C20H20N2O3. The van der Waals surface area contributed by atoms with Gasteiger partial charge in [0.25, 0.3) is 0 Å². The molecule has 1 saturated heterocycles. The Balaban J connectivity index is 1.23. The Labute approximate surface area is 146 Å². The maximum atomic E-state index is 11.2. The minimum atomic E-state index is -0.561. The third kappa shape index (κ3) is 3.46. The summed E-state index contributed by atoms with van der Waals surface area (Å²) < 4.78 is 5.76. The molecule has 2 aliphatic rings. The number of fused-ring (bicyclic) bond motifs is 1. The smallest absolute Gasteiger partial charge is 0.226 e. The predicted molar refractivity (Wildman–Crippen MR) is 92.3 cm³/mol. The SMILES string of the molecule is O=CC(=O)c1ccc(OCC2C3CN(Cc4ccccc4)CC23)nc1. The Morgan fingerprint density at radius 3 is 2.56 bits per heavy atom. The molecule has 0 N–H and O–H groups in total. The van der Waals surface area contributed by atoms with Crippen LogP contribution in [0.3, 0.4) is 0 Å². The van der Waals surface area contributed by atoms with Crippen LogP contribution >= 0.6 is 0 Å². The molecule has 128 valence electrons. The number of piperidine rings is 1. The van der Waals surface area contributed by atoms with Crippen molar-refractivity contribution in [3.63, 3.8) is 0 Å². The molecule has 4 rings (SSSR count). The zero-order valence-corrected chi connectivity index (χ0v) is 13.9. The second-order valence-electron chi connectivity index (χ2n) is 6.85. The van der Waals surface area contributed by atoms with Gasteiger partial charge in [0.05, 0.1) is 6.61 Å². The van der Waals surface area contributed by atoms with Crippen LogP contribution in [-0.4, -0.2) is 41.6 Å². The van der Waals surface area contributed by atoms with Crippen LogP contribution in [0.15, 0.2) is 48.7 Å². The monoisotopic (exact) mass is 336 g/mol. The number of hydrogen-bond donors (Lipinski definition) is 0. The van der Waals surface area contributed by atoms with Crippen LogP contribution in [0.25, 0.3) is 0 Å². The highest BCUT2D eigenvalue weighted by molar-refractivity contribution is 6.33. The Bertz CT molecular complexity index is 748. The van der Waals surface area contributed by atoms with Gasteiger partial charge < -0.3 is 4.74 Å². The third-order valence-electron chi connectivity index (χ3n) is 5.25. The topological polar surface area (TPSA) is 59.5 Å². The fourth-order valence-corrected chi connectivity index (χ4v) is 3.82. The molecule has 2 fully saturated rings. The lowest BCUT2D eigenvalue weighted by molar-refractivity contribution is -0.104. The Morgan fingerprint density at radius 1 is 1.16 bits per heavy atom. The van der Waals surface area contributed by atoms with Crippen molar-refractivity contribution in [2.45, 2.75) is 6.54 Å². The number of pyridine rings is 1. The molecule has 2 atom stereocenters. The highest BCUT2D eigenvalue weighted by Gasteiger charge is 2.55. The molecule has 0 spiro atoms. The first-order valence-electron chi connectivity index (χ1n) is 8.59. The minimum absolute atomic E-state index is 0.294. The van der Waals surface area contributed by atoms with E-state index < -0.39 is 5.78 Å². The van der Waals surface area contributed by atoms with Crippen LogP contribution in [0.5, 0.6) is 5.88 Å². The van der Waals surface area contributed by atoms with E-state index in [4.69, 9.17) is 4.74 Å². The van der Waals surface area contributed by atoms with Crippen LogP contribution in [0.1, 0.15) is 15.9 Å². The van der Waals surface area contributed by atoms with E-state index in [-0.39, 0.29) is 0 Å². The van der Waals surface area contributed by atoms with Gasteiger partial charge in [0.15, 0.2) is 6.29 Å². The summed E-state index contributed by atoms with van der Waals surface area (Å²) in [5.41, 5.74) is 1.66. The zero-order chi connectivity index (χ0) is 17.2. The molecule has 0 bridgehead atoms. The van der Waals surface area contributed by atoms with Crippen molar-refractivity contribution in [2.24, 2.45) is 17.8 Å². The number of aldehydes is 1. The van der Waals surface area contributed by atoms with Crippen molar-refractivity contribution in [1.82, 2.24) is 9.88 Å². The Hall–Kier alpha value is -2.53. The van der Waals surface area contributed by atoms with Crippen molar-refractivity contribution < 1.29 is 14.3 Å². The molecule has 1 saturated carbocycles. The molecule has 2 aromatic rings. The van der Waals surface area contributed by atoms with E-state index in [0.717, 1.165) is 31.5 Å². The fraction of sp³-hybridized carbons (Fsp3) is 0.350. The minimum Gasteiger partial charge on any atom is -0.477 e. The largest absolute Gasteiger partial charge is 0.477 e. The third-order valence-corrected chi connectivity index (χ3v) is 5.25. The Kier molecular flexibility index (Phi) is 4.32. The number of rotatable bonds is 7. The average molecular weight is 336 g/mol. The van der Waals surface area contributed by atoms with Crippen LogP contribution in [0, 0.1) is 17.8 Å². The van der Waals surface area contributed by atoms with E-state index in [1.807, 2.05) is 6.07 Å². The highest BCUT2D eigenvalue weighted by atomic mass is 16.5. The maximum Gasteiger partial charge on any atom is 0.226 e. The molecule has 1 aliphatic carbocycles. The van der Waals surface area contributed by atoms with E-state index in [0.29, 0.717) is 30.3 Å². The van der Waals surface area contributed by atoms with Crippen molar-refractivity contribution in [3.8, 4) is 5.88 Å². The number of carbonyl (C=O) groups excluding carboxylic acids is 2. The average Bonchev–Trinajstić information content (AvgIpc) is 3.11. The summed E-state index contributed by atoms with van der Waals surface area (Å²) in [6.07, 6.45) is 1.69. The first-order valence-corrected chi connectivity index (χ1v) is 8.59. The number of ketones is 1. The number of carbonyl (C=O) groups is 2. The first-order chi connectivity index (χ1) is 12.2. The summed E-state index contributed by atoms with van der Waals surface area (Å²) in [7, 11) is 0. The number of benzene rings is 1. The fourth-order valence-electron chi connectivity index (χ4n) is 3.82. The van der Waals surface area contributed by atoms with Gasteiger partial charge in [-0.1, -0.05) is 30.3 Å². The van der Waals surface area contributed by atoms with E-state index in [1.54, 1.807) is 12.1 Å². The lowest BCUT2D eigenvalue weighted by Crippen LogP contribution is -2.25. The number of aromatic nitrogens is 1. The highest BCUT2D eigenvalue weighted by Crippen LogP contribution is 2.51. The molecule has 5 nitrogen and oxygen atoms in total. The molecule has 1 aromatic carbocycles. The standard InChI is InChI=1S/C20H20N2O3/c23-12-19(24)15-6-7-20(21-8-15)25-13-18-16-10-22(11-17(16)18)9-14-4-2-1-3-5-14/h1-8,12,16-18H,9-11,13H2. The number of likely N-dealkylation sites (tertiary alicyclic amines) is 1. The second-order valence-corrected chi connectivity index (χ2v) is 6.85. The molecule has 2 heterocycles. The Morgan fingerprint density at radius 2 is 1.92 bits per heavy atom. The lowest BCUT2D eigenvalue weighted by Gasteiger charge is -2.19. The molecular weight excluding hydrogens is 316 g/mol. The molecule has 0 amide bonds. The van der Waals surface area contributed by atoms with E-state index in [2.05, 4.69) is 34.1 Å². The molecule has 25 heavy (non-hydrogen) atoms. The van der Waals surface area contributed by atoms with Crippen molar-refractivity contribution in [2.75, 3.05) is 19.7 Å². The van der Waals surface area contributed by atoms with Crippen LogP contribution in [0.2, 0.25) is 0 Å². The van der Waals surface area contributed by atoms with Crippen LogP contribution < -0.4 is 4.74 Å². The van der Waals surface area contributed by atoms with E-state index >= 15 is 0 Å². The second kappa shape index (κ2) is 6.76. The normalized spacial score (nSPS) is 24.6. The number of hydrogen-bond acceptors (Lipinski definition) is 5. The number of Topliss-reactive ketones (excluding diaryl/α,β-unsaturated/α-hetero) is 1. The summed E-state index contributed by atoms with van der Waals surface area (Å²) in [5.74, 6) is 1.99. The van der Waals surface area contributed by atoms with Gasteiger partial charge in [-0.15, -0.1) is 0 Å².